The van der Waals surface area contributed by atoms with Gasteiger partial charge in [-0.15, -0.1) is 0 Å². The zero-order valence-corrected chi connectivity index (χ0v) is 10.1. The average molecular weight is 220 g/mol. The van der Waals surface area contributed by atoms with Crippen LogP contribution in [0.2, 0.25) is 0 Å². The van der Waals surface area contributed by atoms with E-state index in [0.717, 1.165) is 23.3 Å². The van der Waals surface area contributed by atoms with Gasteiger partial charge in [0.2, 0.25) is 0 Å². The van der Waals surface area contributed by atoms with Gasteiger partial charge in [0.15, 0.2) is 0 Å². The van der Waals surface area contributed by atoms with E-state index in [9.17, 15) is 5.11 Å². The zero-order valence-electron chi connectivity index (χ0n) is 10.1. The average Bonchev–Trinajstić information content (AvgIpc) is 2.35. The van der Waals surface area contributed by atoms with Gasteiger partial charge in [0.1, 0.15) is 12.4 Å². The Labute approximate surface area is 97.6 Å². The van der Waals surface area contributed by atoms with Crippen molar-refractivity contribution in [2.45, 2.75) is 32.8 Å². The van der Waals surface area contributed by atoms with Gasteiger partial charge < -0.3 is 9.84 Å². The number of ether oxygens (including phenoxy) is 1. The molecule has 0 radical (unpaired) electrons. The zero-order chi connectivity index (χ0) is 12.0. The van der Waals surface area contributed by atoms with E-state index in [4.69, 9.17) is 4.74 Å². The van der Waals surface area contributed by atoms with Crippen LogP contribution in [0.15, 0.2) is 36.4 Å². The van der Waals surface area contributed by atoms with E-state index in [2.05, 4.69) is 13.5 Å². The molecule has 1 rings (SSSR count). The van der Waals surface area contributed by atoms with Gasteiger partial charge in [-0.2, -0.15) is 0 Å². The molecule has 2 nitrogen and oxygen atoms in total. The summed E-state index contributed by atoms with van der Waals surface area (Å²) in [6.07, 6.45) is 1.15. The van der Waals surface area contributed by atoms with Crippen molar-refractivity contribution in [3.63, 3.8) is 0 Å². The lowest BCUT2D eigenvalue weighted by molar-refractivity contribution is 0.168. The summed E-state index contributed by atoms with van der Waals surface area (Å²) in [4.78, 5) is 0. The standard InChI is InChI=1S/C14H20O2/c1-4-11(3)10-16-14-9-7-6-8-12(14)13(15)5-2/h6-9,13,15H,3-5,10H2,1-2H3. The molecule has 2 heteroatoms. The van der Waals surface area contributed by atoms with Crippen molar-refractivity contribution in [3.05, 3.63) is 42.0 Å². The molecule has 1 atom stereocenters. The van der Waals surface area contributed by atoms with Crippen molar-refractivity contribution in [1.29, 1.82) is 0 Å². The minimum absolute atomic E-state index is 0.453. The molecule has 0 aliphatic heterocycles. The molecule has 0 saturated carbocycles. The van der Waals surface area contributed by atoms with Crippen molar-refractivity contribution >= 4 is 0 Å². The Morgan fingerprint density at radius 3 is 2.69 bits per heavy atom. The normalized spacial score (nSPS) is 12.2. The van der Waals surface area contributed by atoms with Crippen LogP contribution >= 0.6 is 0 Å². The number of rotatable bonds is 6. The summed E-state index contributed by atoms with van der Waals surface area (Å²) in [5.74, 6) is 0.756. The summed E-state index contributed by atoms with van der Waals surface area (Å²) in [7, 11) is 0. The molecule has 1 aromatic rings. The Morgan fingerprint density at radius 1 is 1.38 bits per heavy atom. The van der Waals surface area contributed by atoms with Crippen LogP contribution < -0.4 is 4.74 Å². The summed E-state index contributed by atoms with van der Waals surface area (Å²) in [5, 5.41) is 9.83. The maximum absolute atomic E-state index is 9.83. The first-order chi connectivity index (χ1) is 7.69. The minimum Gasteiger partial charge on any atom is -0.489 e. The Kier molecular flexibility index (Phi) is 5.06. The fourth-order valence-electron chi connectivity index (χ4n) is 1.39. The van der Waals surface area contributed by atoms with Gasteiger partial charge in [-0.05, 0) is 24.5 Å². The highest BCUT2D eigenvalue weighted by Gasteiger charge is 2.10. The number of hydrogen-bond acceptors (Lipinski definition) is 2. The molecule has 0 aliphatic rings. The molecular weight excluding hydrogens is 200 g/mol. The van der Waals surface area contributed by atoms with Crippen molar-refractivity contribution < 1.29 is 9.84 Å². The van der Waals surface area contributed by atoms with Gasteiger partial charge in [-0.1, -0.05) is 38.6 Å². The predicted octanol–water partition coefficient (Wildman–Crippen LogP) is 3.48. The molecule has 0 heterocycles. The molecule has 1 N–H and O–H groups in total. The van der Waals surface area contributed by atoms with Gasteiger partial charge >= 0.3 is 0 Å². The number of benzene rings is 1. The molecule has 0 saturated heterocycles. The van der Waals surface area contributed by atoms with Crippen LogP contribution in [0, 0.1) is 0 Å². The quantitative estimate of drug-likeness (QED) is 0.744. The third kappa shape index (κ3) is 3.38. The van der Waals surface area contributed by atoms with E-state index in [1.807, 2.05) is 31.2 Å². The number of aliphatic hydroxyl groups is 1. The van der Waals surface area contributed by atoms with Crippen molar-refractivity contribution in [2.75, 3.05) is 6.61 Å². The van der Waals surface area contributed by atoms with Crippen molar-refractivity contribution in [1.82, 2.24) is 0 Å². The van der Waals surface area contributed by atoms with Crippen LogP contribution in [-0.2, 0) is 0 Å². The van der Waals surface area contributed by atoms with Gasteiger partial charge in [0.05, 0.1) is 6.10 Å². The number of aliphatic hydroxyl groups excluding tert-OH is 1. The van der Waals surface area contributed by atoms with Crippen LogP contribution in [-0.4, -0.2) is 11.7 Å². The van der Waals surface area contributed by atoms with E-state index in [-0.39, 0.29) is 0 Å². The van der Waals surface area contributed by atoms with Crippen LogP contribution in [0.4, 0.5) is 0 Å². The molecule has 0 amide bonds. The molecule has 0 aromatic heterocycles. The first-order valence-electron chi connectivity index (χ1n) is 5.75. The maximum atomic E-state index is 9.83. The SMILES string of the molecule is C=C(CC)COc1ccccc1C(O)CC. The Balaban J connectivity index is 2.75. The summed E-state index contributed by atoms with van der Waals surface area (Å²) in [6, 6.07) is 7.61. The lowest BCUT2D eigenvalue weighted by Gasteiger charge is -2.15. The smallest absolute Gasteiger partial charge is 0.125 e. The van der Waals surface area contributed by atoms with Crippen LogP contribution in [0.3, 0.4) is 0 Å². The van der Waals surface area contributed by atoms with Gasteiger partial charge in [0.25, 0.3) is 0 Å². The van der Waals surface area contributed by atoms with E-state index < -0.39 is 6.10 Å². The van der Waals surface area contributed by atoms with E-state index in [1.165, 1.54) is 0 Å². The Bertz CT molecular complexity index is 344. The Hall–Kier alpha value is -1.28. The molecule has 0 fully saturated rings. The topological polar surface area (TPSA) is 29.5 Å². The van der Waals surface area contributed by atoms with E-state index in [0.29, 0.717) is 13.0 Å². The highest BCUT2D eigenvalue weighted by Crippen LogP contribution is 2.27. The third-order valence-electron chi connectivity index (χ3n) is 2.60. The highest BCUT2D eigenvalue weighted by atomic mass is 16.5. The molecule has 0 bridgehead atoms. The summed E-state index contributed by atoms with van der Waals surface area (Å²) in [6.45, 7) is 8.42. The largest absolute Gasteiger partial charge is 0.489 e. The predicted molar refractivity (Wildman–Crippen MR) is 66.6 cm³/mol. The first-order valence-corrected chi connectivity index (χ1v) is 5.75. The van der Waals surface area contributed by atoms with Gasteiger partial charge in [-0.25, -0.2) is 0 Å². The summed E-state index contributed by atoms with van der Waals surface area (Å²) < 4.78 is 5.65. The lowest BCUT2D eigenvalue weighted by atomic mass is 10.1. The van der Waals surface area contributed by atoms with Crippen molar-refractivity contribution in [2.24, 2.45) is 0 Å². The fraction of sp³-hybridized carbons (Fsp3) is 0.429. The number of para-hydroxylation sites is 1. The minimum atomic E-state index is -0.453. The van der Waals surface area contributed by atoms with Crippen LogP contribution in [0.25, 0.3) is 0 Å². The van der Waals surface area contributed by atoms with Crippen molar-refractivity contribution in [3.8, 4) is 5.75 Å². The van der Waals surface area contributed by atoms with Gasteiger partial charge in [0, 0.05) is 5.56 Å². The molecule has 1 unspecified atom stereocenters. The van der Waals surface area contributed by atoms with E-state index >= 15 is 0 Å². The molecule has 1 aromatic carbocycles. The third-order valence-corrected chi connectivity index (χ3v) is 2.60. The molecule has 0 spiro atoms. The van der Waals surface area contributed by atoms with Gasteiger partial charge in [-0.3, -0.25) is 0 Å². The highest BCUT2D eigenvalue weighted by molar-refractivity contribution is 5.35. The van der Waals surface area contributed by atoms with Crippen LogP contribution in [0.5, 0.6) is 5.75 Å². The maximum Gasteiger partial charge on any atom is 0.125 e. The van der Waals surface area contributed by atoms with E-state index in [1.54, 1.807) is 0 Å². The lowest BCUT2D eigenvalue weighted by Crippen LogP contribution is -2.04. The number of hydrogen-bond donors (Lipinski definition) is 1. The second kappa shape index (κ2) is 6.33. The molecule has 16 heavy (non-hydrogen) atoms. The second-order valence-corrected chi connectivity index (χ2v) is 3.85. The molecule has 0 aliphatic carbocycles. The summed E-state index contributed by atoms with van der Waals surface area (Å²) in [5.41, 5.74) is 1.91. The molecular formula is C14H20O2. The molecule has 88 valence electrons. The summed E-state index contributed by atoms with van der Waals surface area (Å²) >= 11 is 0. The second-order valence-electron chi connectivity index (χ2n) is 3.85. The first kappa shape index (κ1) is 12.8. The van der Waals surface area contributed by atoms with Crippen LogP contribution in [0.1, 0.15) is 38.4 Å². The Morgan fingerprint density at radius 2 is 2.06 bits per heavy atom. The fourth-order valence-corrected chi connectivity index (χ4v) is 1.39. The monoisotopic (exact) mass is 220 g/mol.